The number of ether oxygens (including phenoxy) is 2. The van der Waals surface area contributed by atoms with E-state index in [0.717, 1.165) is 4.47 Å². The Morgan fingerprint density at radius 3 is 2.65 bits per heavy atom. The molecule has 144 valence electrons. The van der Waals surface area contributed by atoms with Gasteiger partial charge in [0.2, 0.25) is 5.88 Å². The highest BCUT2D eigenvalue weighted by Crippen LogP contribution is 2.29. The van der Waals surface area contributed by atoms with Crippen molar-refractivity contribution in [3.8, 4) is 5.88 Å². The minimum Gasteiger partial charge on any atom is -0.481 e. The van der Waals surface area contributed by atoms with Crippen LogP contribution in [0.2, 0.25) is 0 Å². The molecule has 1 aromatic heterocycles. The van der Waals surface area contributed by atoms with Crippen LogP contribution in [0.3, 0.4) is 0 Å². The number of likely N-dealkylation sites (tertiary alicyclic amines) is 1. The lowest BCUT2D eigenvalue weighted by Crippen LogP contribution is -2.50. The van der Waals surface area contributed by atoms with Gasteiger partial charge in [-0.25, -0.2) is 9.78 Å². The zero-order valence-electron chi connectivity index (χ0n) is 15.5. The SMILES string of the molecule is COc1ccc(Br)c(CC2CC(C(=O)O)CCN2C(=O)OC(C)(C)C)n1. The summed E-state index contributed by atoms with van der Waals surface area (Å²) in [5.41, 5.74) is 0.106. The molecule has 1 aromatic rings. The molecule has 1 aliphatic heterocycles. The molecule has 8 heteroatoms. The quantitative estimate of drug-likeness (QED) is 0.788. The molecule has 2 atom stereocenters. The maximum atomic E-state index is 12.6. The number of nitrogens with zero attached hydrogens (tertiary/aromatic N) is 2. The molecule has 1 fully saturated rings. The van der Waals surface area contributed by atoms with Gasteiger partial charge in [0, 0.05) is 29.5 Å². The van der Waals surface area contributed by atoms with E-state index in [1.165, 1.54) is 7.11 Å². The van der Waals surface area contributed by atoms with Gasteiger partial charge in [0.15, 0.2) is 0 Å². The first-order valence-electron chi connectivity index (χ1n) is 8.52. The molecule has 0 spiro atoms. The number of aliphatic carboxylic acids is 1. The largest absolute Gasteiger partial charge is 0.481 e. The number of aromatic nitrogens is 1. The molecular weight excluding hydrogens is 404 g/mol. The van der Waals surface area contributed by atoms with Crippen LogP contribution in [0.25, 0.3) is 0 Å². The van der Waals surface area contributed by atoms with Crippen LogP contribution in [-0.4, -0.2) is 52.4 Å². The Labute approximate surface area is 161 Å². The smallest absolute Gasteiger partial charge is 0.410 e. The van der Waals surface area contributed by atoms with Gasteiger partial charge in [-0.15, -0.1) is 0 Å². The Morgan fingerprint density at radius 1 is 1.38 bits per heavy atom. The Balaban J connectivity index is 2.25. The maximum Gasteiger partial charge on any atom is 0.410 e. The van der Waals surface area contributed by atoms with Crippen LogP contribution in [0, 0.1) is 5.92 Å². The van der Waals surface area contributed by atoms with E-state index in [2.05, 4.69) is 20.9 Å². The van der Waals surface area contributed by atoms with Gasteiger partial charge in [-0.1, -0.05) is 0 Å². The van der Waals surface area contributed by atoms with E-state index in [9.17, 15) is 14.7 Å². The molecule has 0 aliphatic carbocycles. The molecule has 0 saturated carbocycles. The zero-order chi connectivity index (χ0) is 19.5. The normalized spacial score (nSPS) is 20.6. The minimum atomic E-state index is -0.837. The van der Waals surface area contributed by atoms with Gasteiger partial charge >= 0.3 is 12.1 Å². The average molecular weight is 429 g/mol. The molecule has 0 radical (unpaired) electrons. The van der Waals surface area contributed by atoms with Gasteiger partial charge in [0.05, 0.1) is 18.7 Å². The van der Waals surface area contributed by atoms with Crippen molar-refractivity contribution in [1.29, 1.82) is 0 Å². The Kier molecular flexibility index (Phi) is 6.49. The monoisotopic (exact) mass is 428 g/mol. The zero-order valence-corrected chi connectivity index (χ0v) is 17.1. The second-order valence-corrected chi connectivity index (χ2v) is 8.23. The number of carbonyl (C=O) groups is 2. The van der Waals surface area contributed by atoms with Gasteiger partial charge in [-0.2, -0.15) is 0 Å². The minimum absolute atomic E-state index is 0.310. The highest BCUT2D eigenvalue weighted by Gasteiger charge is 2.37. The molecular formula is C18H25BrN2O5. The summed E-state index contributed by atoms with van der Waals surface area (Å²) in [5.74, 6) is -0.850. The van der Waals surface area contributed by atoms with E-state index >= 15 is 0 Å². The summed E-state index contributed by atoms with van der Waals surface area (Å²) in [6, 6.07) is 3.26. The van der Waals surface area contributed by atoms with E-state index in [1.807, 2.05) is 26.8 Å². The number of carbonyl (C=O) groups excluding carboxylic acids is 1. The second kappa shape index (κ2) is 8.24. The van der Waals surface area contributed by atoms with Crippen LogP contribution in [0.4, 0.5) is 4.79 Å². The van der Waals surface area contributed by atoms with Gasteiger partial charge < -0.3 is 19.5 Å². The van der Waals surface area contributed by atoms with Crippen LogP contribution >= 0.6 is 15.9 Å². The van der Waals surface area contributed by atoms with Gasteiger partial charge in [0.25, 0.3) is 0 Å². The number of rotatable bonds is 4. The van der Waals surface area contributed by atoms with Crippen molar-refractivity contribution in [2.75, 3.05) is 13.7 Å². The van der Waals surface area contributed by atoms with Crippen molar-refractivity contribution in [3.63, 3.8) is 0 Å². The number of methoxy groups -OCH3 is 1. The molecule has 0 bridgehead atoms. The molecule has 26 heavy (non-hydrogen) atoms. The first-order chi connectivity index (χ1) is 12.1. The lowest BCUT2D eigenvalue weighted by molar-refractivity contribution is -0.144. The van der Waals surface area contributed by atoms with Crippen LogP contribution < -0.4 is 4.74 Å². The third-order valence-electron chi connectivity index (χ3n) is 4.22. The first kappa shape index (κ1) is 20.5. The Hall–Kier alpha value is -1.83. The molecule has 1 saturated heterocycles. The van der Waals surface area contributed by atoms with E-state index in [-0.39, 0.29) is 6.04 Å². The third-order valence-corrected chi connectivity index (χ3v) is 4.95. The molecule has 0 aromatic carbocycles. The fraction of sp³-hybridized carbons (Fsp3) is 0.611. The van der Waals surface area contributed by atoms with Gasteiger partial charge in [0.1, 0.15) is 5.60 Å². The van der Waals surface area contributed by atoms with Crippen LogP contribution in [0.1, 0.15) is 39.3 Å². The van der Waals surface area contributed by atoms with E-state index in [1.54, 1.807) is 11.0 Å². The highest BCUT2D eigenvalue weighted by atomic mass is 79.9. The highest BCUT2D eigenvalue weighted by molar-refractivity contribution is 9.10. The molecule has 7 nitrogen and oxygen atoms in total. The Morgan fingerprint density at radius 2 is 2.08 bits per heavy atom. The molecule has 2 heterocycles. The summed E-state index contributed by atoms with van der Waals surface area (Å²) in [4.78, 5) is 30.1. The molecule has 2 unspecified atom stereocenters. The average Bonchev–Trinajstić information content (AvgIpc) is 2.55. The van der Waals surface area contributed by atoms with Crippen molar-refractivity contribution < 1.29 is 24.2 Å². The van der Waals surface area contributed by atoms with Crippen molar-refractivity contribution in [2.45, 2.75) is 51.7 Å². The predicted octanol–water partition coefficient (Wildman–Crippen LogP) is 3.50. The predicted molar refractivity (Wildman–Crippen MR) is 99.3 cm³/mol. The summed E-state index contributed by atoms with van der Waals surface area (Å²) in [6.07, 6.45) is 0.767. The van der Waals surface area contributed by atoms with Gasteiger partial charge in [-0.3, -0.25) is 4.79 Å². The number of piperidine rings is 1. The van der Waals surface area contributed by atoms with Crippen LogP contribution in [-0.2, 0) is 16.0 Å². The molecule has 1 aliphatic rings. The van der Waals surface area contributed by atoms with Crippen LogP contribution in [0.15, 0.2) is 16.6 Å². The topological polar surface area (TPSA) is 89.0 Å². The molecule has 2 rings (SSSR count). The summed E-state index contributed by atoms with van der Waals surface area (Å²) in [7, 11) is 1.54. The van der Waals surface area contributed by atoms with E-state index in [0.29, 0.717) is 37.4 Å². The van der Waals surface area contributed by atoms with E-state index in [4.69, 9.17) is 9.47 Å². The van der Waals surface area contributed by atoms with Crippen molar-refractivity contribution in [3.05, 3.63) is 22.3 Å². The first-order valence-corrected chi connectivity index (χ1v) is 9.32. The lowest BCUT2D eigenvalue weighted by Gasteiger charge is -2.39. The number of pyridine rings is 1. The number of carboxylic acids is 1. The fourth-order valence-electron chi connectivity index (χ4n) is 2.97. The summed E-state index contributed by atoms with van der Waals surface area (Å²) in [6.45, 7) is 5.77. The van der Waals surface area contributed by atoms with Gasteiger partial charge in [-0.05, 0) is 55.6 Å². The molecule has 1 N–H and O–H groups in total. The number of amides is 1. The Bertz CT molecular complexity index is 674. The maximum absolute atomic E-state index is 12.6. The van der Waals surface area contributed by atoms with E-state index < -0.39 is 23.6 Å². The van der Waals surface area contributed by atoms with Crippen molar-refractivity contribution in [1.82, 2.24) is 9.88 Å². The van der Waals surface area contributed by atoms with Crippen molar-refractivity contribution >= 4 is 28.0 Å². The summed E-state index contributed by atoms with van der Waals surface area (Å²) in [5, 5.41) is 9.39. The molecule has 1 amide bonds. The number of carboxylic acid groups (broad SMARTS) is 1. The summed E-state index contributed by atoms with van der Waals surface area (Å²) < 4.78 is 11.5. The number of hydrogen-bond donors (Lipinski definition) is 1. The summed E-state index contributed by atoms with van der Waals surface area (Å²) >= 11 is 3.47. The van der Waals surface area contributed by atoms with Crippen molar-refractivity contribution in [2.24, 2.45) is 5.92 Å². The van der Waals surface area contributed by atoms with Crippen LogP contribution in [0.5, 0.6) is 5.88 Å². The third kappa shape index (κ3) is 5.33. The fourth-order valence-corrected chi connectivity index (χ4v) is 3.36. The lowest BCUT2D eigenvalue weighted by atomic mass is 9.89. The number of hydrogen-bond acceptors (Lipinski definition) is 5. The second-order valence-electron chi connectivity index (χ2n) is 7.37. The standard InChI is InChI=1S/C18H25BrN2O5/c1-18(2,3)26-17(24)21-8-7-11(16(22)23)9-12(21)10-14-13(19)5-6-15(20-14)25-4/h5-6,11-12H,7-10H2,1-4H3,(H,22,23). The number of halogens is 1.